The lowest BCUT2D eigenvalue weighted by molar-refractivity contribution is 0.0527. The fourth-order valence-electron chi connectivity index (χ4n) is 2.16. The number of para-hydroxylation sites is 1. The molecule has 1 atom stereocenters. The SMILES string of the molecule is CCOC(=O)c1cccnc1NC[C@H](O)c1ccccc1OC. The van der Waals surface area contributed by atoms with Gasteiger partial charge in [0.25, 0.3) is 0 Å². The number of carbonyl (C=O) groups is 1. The quantitative estimate of drug-likeness (QED) is 0.764. The Morgan fingerprint density at radius 2 is 2.09 bits per heavy atom. The van der Waals surface area contributed by atoms with Crippen LogP contribution >= 0.6 is 0 Å². The maximum Gasteiger partial charge on any atom is 0.341 e. The van der Waals surface area contributed by atoms with E-state index in [9.17, 15) is 9.90 Å². The second-order valence-electron chi connectivity index (χ2n) is 4.76. The molecule has 0 aliphatic carbocycles. The Morgan fingerprint density at radius 3 is 2.83 bits per heavy atom. The third-order valence-corrected chi connectivity index (χ3v) is 3.26. The number of hydrogen-bond donors (Lipinski definition) is 2. The smallest absolute Gasteiger partial charge is 0.341 e. The summed E-state index contributed by atoms with van der Waals surface area (Å²) in [5.41, 5.74) is 0.998. The lowest BCUT2D eigenvalue weighted by Crippen LogP contribution is -2.17. The highest BCUT2D eigenvalue weighted by molar-refractivity contribution is 5.94. The average molecular weight is 316 g/mol. The maximum atomic E-state index is 11.9. The van der Waals surface area contributed by atoms with E-state index < -0.39 is 12.1 Å². The van der Waals surface area contributed by atoms with Crippen molar-refractivity contribution in [2.75, 3.05) is 25.6 Å². The lowest BCUT2D eigenvalue weighted by Gasteiger charge is -2.16. The highest BCUT2D eigenvalue weighted by Crippen LogP contribution is 2.25. The second kappa shape index (κ2) is 8.14. The number of carbonyl (C=O) groups excluding carboxylic acids is 1. The number of nitrogens with one attached hydrogen (secondary N) is 1. The van der Waals surface area contributed by atoms with Crippen molar-refractivity contribution < 1.29 is 19.4 Å². The van der Waals surface area contributed by atoms with Gasteiger partial charge in [0, 0.05) is 18.3 Å². The highest BCUT2D eigenvalue weighted by atomic mass is 16.5. The van der Waals surface area contributed by atoms with Crippen LogP contribution in [0.5, 0.6) is 5.75 Å². The van der Waals surface area contributed by atoms with Crippen molar-refractivity contribution in [3.63, 3.8) is 0 Å². The Bertz CT molecular complexity index is 661. The monoisotopic (exact) mass is 316 g/mol. The molecule has 1 aromatic heterocycles. The van der Waals surface area contributed by atoms with Crippen molar-refractivity contribution in [2.45, 2.75) is 13.0 Å². The normalized spacial score (nSPS) is 11.6. The van der Waals surface area contributed by atoms with Crippen LogP contribution in [0, 0.1) is 0 Å². The average Bonchev–Trinajstić information content (AvgIpc) is 2.60. The van der Waals surface area contributed by atoms with Gasteiger partial charge in [0.15, 0.2) is 0 Å². The Kier molecular flexibility index (Phi) is 5.94. The zero-order chi connectivity index (χ0) is 16.7. The van der Waals surface area contributed by atoms with E-state index in [-0.39, 0.29) is 13.2 Å². The predicted molar refractivity (Wildman–Crippen MR) is 86.6 cm³/mol. The molecule has 2 aromatic rings. The van der Waals surface area contributed by atoms with Gasteiger partial charge in [-0.3, -0.25) is 0 Å². The number of nitrogens with zero attached hydrogens (tertiary/aromatic N) is 1. The molecule has 0 aliphatic heterocycles. The van der Waals surface area contributed by atoms with Gasteiger partial charge in [-0.25, -0.2) is 9.78 Å². The zero-order valence-corrected chi connectivity index (χ0v) is 13.2. The Morgan fingerprint density at radius 1 is 1.30 bits per heavy atom. The van der Waals surface area contributed by atoms with Crippen LogP contribution in [0.1, 0.15) is 28.9 Å². The van der Waals surface area contributed by atoms with E-state index in [1.807, 2.05) is 12.1 Å². The molecular formula is C17H20N2O4. The minimum atomic E-state index is -0.803. The minimum absolute atomic E-state index is 0.184. The number of aliphatic hydroxyl groups excluding tert-OH is 1. The van der Waals surface area contributed by atoms with Gasteiger partial charge in [-0.05, 0) is 25.1 Å². The van der Waals surface area contributed by atoms with Crippen molar-refractivity contribution in [3.8, 4) is 5.75 Å². The summed E-state index contributed by atoms with van der Waals surface area (Å²) in [5.74, 6) is 0.531. The molecule has 0 aliphatic rings. The first kappa shape index (κ1) is 16.8. The zero-order valence-electron chi connectivity index (χ0n) is 13.2. The summed E-state index contributed by atoms with van der Waals surface area (Å²) in [5, 5.41) is 13.3. The van der Waals surface area contributed by atoms with Gasteiger partial charge >= 0.3 is 5.97 Å². The summed E-state index contributed by atoms with van der Waals surface area (Å²) in [7, 11) is 1.55. The number of esters is 1. The molecule has 0 unspecified atom stereocenters. The summed E-state index contributed by atoms with van der Waals surface area (Å²) >= 11 is 0. The van der Waals surface area contributed by atoms with Crippen molar-refractivity contribution in [3.05, 3.63) is 53.7 Å². The molecule has 0 fully saturated rings. The largest absolute Gasteiger partial charge is 0.496 e. The number of hydrogen-bond acceptors (Lipinski definition) is 6. The molecule has 23 heavy (non-hydrogen) atoms. The first-order valence-corrected chi connectivity index (χ1v) is 7.34. The van der Waals surface area contributed by atoms with E-state index in [4.69, 9.17) is 9.47 Å². The first-order chi connectivity index (χ1) is 11.2. The van der Waals surface area contributed by atoms with Crippen LogP contribution in [0.2, 0.25) is 0 Å². The third-order valence-electron chi connectivity index (χ3n) is 3.26. The van der Waals surface area contributed by atoms with E-state index in [0.717, 1.165) is 0 Å². The number of ether oxygens (including phenoxy) is 2. The van der Waals surface area contributed by atoms with Crippen LogP contribution in [-0.4, -0.2) is 36.3 Å². The van der Waals surface area contributed by atoms with E-state index >= 15 is 0 Å². The summed E-state index contributed by atoms with van der Waals surface area (Å²) < 4.78 is 10.2. The minimum Gasteiger partial charge on any atom is -0.496 e. The van der Waals surface area contributed by atoms with E-state index in [0.29, 0.717) is 22.7 Å². The number of benzene rings is 1. The van der Waals surface area contributed by atoms with Gasteiger partial charge < -0.3 is 19.9 Å². The van der Waals surface area contributed by atoms with E-state index in [2.05, 4.69) is 10.3 Å². The molecule has 0 amide bonds. The van der Waals surface area contributed by atoms with Gasteiger partial charge in [-0.15, -0.1) is 0 Å². The summed E-state index contributed by atoms with van der Waals surface area (Å²) in [6.45, 7) is 2.22. The molecule has 0 bridgehead atoms. The number of pyridine rings is 1. The van der Waals surface area contributed by atoms with Gasteiger partial charge in [-0.1, -0.05) is 18.2 Å². The number of anilines is 1. The van der Waals surface area contributed by atoms with Crippen LogP contribution in [0.4, 0.5) is 5.82 Å². The molecule has 6 nitrogen and oxygen atoms in total. The lowest BCUT2D eigenvalue weighted by atomic mass is 10.1. The molecule has 6 heteroatoms. The summed E-state index contributed by atoms with van der Waals surface area (Å²) in [6, 6.07) is 10.5. The molecule has 0 spiro atoms. The predicted octanol–water partition coefficient (Wildman–Crippen LogP) is 2.41. The van der Waals surface area contributed by atoms with Crippen molar-refractivity contribution in [1.82, 2.24) is 4.98 Å². The Hall–Kier alpha value is -2.60. The molecule has 122 valence electrons. The fraction of sp³-hybridized carbons (Fsp3) is 0.294. The molecular weight excluding hydrogens is 296 g/mol. The Balaban J connectivity index is 2.10. The van der Waals surface area contributed by atoms with E-state index in [1.165, 1.54) is 0 Å². The van der Waals surface area contributed by atoms with Crippen molar-refractivity contribution >= 4 is 11.8 Å². The van der Waals surface area contributed by atoms with Crippen molar-refractivity contribution in [2.24, 2.45) is 0 Å². The first-order valence-electron chi connectivity index (χ1n) is 7.34. The molecule has 0 saturated heterocycles. The van der Waals surface area contributed by atoms with Gasteiger partial charge in [-0.2, -0.15) is 0 Å². The molecule has 0 saturated carbocycles. The molecule has 1 heterocycles. The number of aromatic nitrogens is 1. The van der Waals surface area contributed by atoms with Crippen LogP contribution in [0.15, 0.2) is 42.6 Å². The summed E-state index contributed by atoms with van der Waals surface area (Å²) in [4.78, 5) is 16.0. The Labute approximate surface area is 135 Å². The van der Waals surface area contributed by atoms with Crippen molar-refractivity contribution in [1.29, 1.82) is 0 Å². The van der Waals surface area contributed by atoms with Crippen LogP contribution < -0.4 is 10.1 Å². The molecule has 1 aromatic carbocycles. The molecule has 0 radical (unpaired) electrons. The second-order valence-corrected chi connectivity index (χ2v) is 4.76. The van der Waals surface area contributed by atoms with E-state index in [1.54, 1.807) is 44.5 Å². The van der Waals surface area contributed by atoms with Gasteiger partial charge in [0.1, 0.15) is 17.1 Å². The van der Waals surface area contributed by atoms with Gasteiger partial charge in [0.05, 0.1) is 19.8 Å². The number of methoxy groups -OCH3 is 1. The molecule has 2 N–H and O–H groups in total. The fourth-order valence-corrected chi connectivity index (χ4v) is 2.16. The van der Waals surface area contributed by atoms with Crippen LogP contribution in [-0.2, 0) is 4.74 Å². The number of aliphatic hydroxyl groups is 1. The molecule has 2 rings (SSSR count). The third kappa shape index (κ3) is 4.20. The maximum absolute atomic E-state index is 11.9. The number of rotatable bonds is 7. The highest BCUT2D eigenvalue weighted by Gasteiger charge is 2.16. The van der Waals surface area contributed by atoms with Crippen LogP contribution in [0.25, 0.3) is 0 Å². The van der Waals surface area contributed by atoms with Gasteiger partial charge in [0.2, 0.25) is 0 Å². The van der Waals surface area contributed by atoms with Crippen LogP contribution in [0.3, 0.4) is 0 Å². The summed E-state index contributed by atoms with van der Waals surface area (Å²) in [6.07, 6.45) is 0.767. The topological polar surface area (TPSA) is 80.7 Å². The standard InChI is InChI=1S/C17H20N2O4/c1-3-23-17(21)13-8-6-10-18-16(13)19-11-14(20)12-7-4-5-9-15(12)22-2/h4-10,14,20H,3,11H2,1-2H3,(H,18,19)/t14-/m0/s1.